The van der Waals surface area contributed by atoms with Crippen molar-refractivity contribution in [2.45, 2.75) is 59.2 Å². The van der Waals surface area contributed by atoms with E-state index < -0.39 is 0 Å². The van der Waals surface area contributed by atoms with Gasteiger partial charge in [-0.05, 0) is 30.2 Å². The number of hydrogen-bond acceptors (Lipinski definition) is 2. The summed E-state index contributed by atoms with van der Waals surface area (Å²) in [6, 6.07) is 12.2. The molecule has 1 aliphatic heterocycles. The molecular formula is C19H32N2. The molecule has 0 aliphatic carbocycles. The standard InChI is InChI=1S/C19H32N2/c1-15(2)10-18-14-21(13-17-8-6-5-7-9-17)19(12-20-18)11-16(3)4/h5-9,15-16,18-20H,10-14H2,1-4H3. The maximum atomic E-state index is 3.78. The highest BCUT2D eigenvalue weighted by Gasteiger charge is 2.28. The van der Waals surface area contributed by atoms with Crippen LogP contribution in [-0.4, -0.2) is 30.1 Å². The minimum absolute atomic E-state index is 0.650. The van der Waals surface area contributed by atoms with Gasteiger partial charge in [-0.1, -0.05) is 58.0 Å². The monoisotopic (exact) mass is 288 g/mol. The Balaban J connectivity index is 2.01. The van der Waals surface area contributed by atoms with Crippen LogP contribution in [0.15, 0.2) is 30.3 Å². The van der Waals surface area contributed by atoms with Crippen LogP contribution in [0.1, 0.15) is 46.1 Å². The number of hydrogen-bond donors (Lipinski definition) is 1. The average Bonchev–Trinajstić information content (AvgIpc) is 2.42. The molecule has 0 bridgehead atoms. The Morgan fingerprint density at radius 2 is 1.71 bits per heavy atom. The average molecular weight is 288 g/mol. The lowest BCUT2D eigenvalue weighted by Crippen LogP contribution is -2.56. The molecule has 1 saturated heterocycles. The minimum Gasteiger partial charge on any atom is -0.311 e. The van der Waals surface area contributed by atoms with Gasteiger partial charge in [0.1, 0.15) is 0 Å². The molecule has 2 nitrogen and oxygen atoms in total. The summed E-state index contributed by atoms with van der Waals surface area (Å²) in [5.74, 6) is 1.53. The second-order valence-corrected chi connectivity index (χ2v) is 7.43. The summed E-state index contributed by atoms with van der Waals surface area (Å²) in [4.78, 5) is 2.71. The maximum absolute atomic E-state index is 3.78. The molecule has 1 N–H and O–H groups in total. The third kappa shape index (κ3) is 5.44. The fourth-order valence-corrected chi connectivity index (χ4v) is 3.44. The number of rotatable bonds is 6. The van der Waals surface area contributed by atoms with E-state index >= 15 is 0 Å². The van der Waals surface area contributed by atoms with E-state index in [1.165, 1.54) is 24.9 Å². The van der Waals surface area contributed by atoms with Gasteiger partial charge in [-0.3, -0.25) is 4.90 Å². The third-order valence-electron chi connectivity index (χ3n) is 4.34. The largest absolute Gasteiger partial charge is 0.311 e. The van der Waals surface area contributed by atoms with Crippen molar-refractivity contribution in [3.8, 4) is 0 Å². The zero-order chi connectivity index (χ0) is 15.2. The fraction of sp³-hybridized carbons (Fsp3) is 0.684. The molecular weight excluding hydrogens is 256 g/mol. The van der Waals surface area contributed by atoms with Crippen LogP contribution in [0.5, 0.6) is 0 Å². The normalized spacial score (nSPS) is 23.9. The molecule has 2 unspecified atom stereocenters. The number of nitrogens with zero attached hydrogens (tertiary/aromatic N) is 1. The van der Waals surface area contributed by atoms with E-state index in [9.17, 15) is 0 Å². The number of nitrogens with one attached hydrogen (secondary N) is 1. The van der Waals surface area contributed by atoms with Gasteiger partial charge < -0.3 is 5.32 Å². The Kier molecular flexibility index (Phi) is 6.25. The van der Waals surface area contributed by atoms with Crippen molar-refractivity contribution >= 4 is 0 Å². The van der Waals surface area contributed by atoms with E-state index in [4.69, 9.17) is 0 Å². The van der Waals surface area contributed by atoms with Gasteiger partial charge in [0.25, 0.3) is 0 Å². The van der Waals surface area contributed by atoms with E-state index in [-0.39, 0.29) is 0 Å². The highest BCUT2D eigenvalue weighted by molar-refractivity contribution is 5.15. The van der Waals surface area contributed by atoms with Gasteiger partial charge in [-0.25, -0.2) is 0 Å². The molecule has 1 aromatic rings. The van der Waals surface area contributed by atoms with Gasteiger partial charge in [0.2, 0.25) is 0 Å². The molecule has 1 fully saturated rings. The second-order valence-electron chi connectivity index (χ2n) is 7.43. The first-order valence-electron chi connectivity index (χ1n) is 8.56. The molecule has 2 rings (SSSR count). The van der Waals surface area contributed by atoms with Crippen molar-refractivity contribution in [1.82, 2.24) is 10.2 Å². The summed E-state index contributed by atoms with van der Waals surface area (Å²) in [6.07, 6.45) is 2.56. The first-order valence-corrected chi connectivity index (χ1v) is 8.56. The number of piperazine rings is 1. The summed E-state index contributed by atoms with van der Waals surface area (Å²) in [5.41, 5.74) is 1.44. The molecule has 0 spiro atoms. The molecule has 1 heterocycles. The smallest absolute Gasteiger partial charge is 0.0237 e. The van der Waals surface area contributed by atoms with Crippen molar-refractivity contribution in [3.63, 3.8) is 0 Å². The quantitative estimate of drug-likeness (QED) is 0.853. The van der Waals surface area contributed by atoms with E-state index in [0.29, 0.717) is 12.1 Å². The minimum atomic E-state index is 0.650. The summed E-state index contributed by atoms with van der Waals surface area (Å²) >= 11 is 0. The molecule has 2 heteroatoms. The fourth-order valence-electron chi connectivity index (χ4n) is 3.44. The lowest BCUT2D eigenvalue weighted by Gasteiger charge is -2.42. The SMILES string of the molecule is CC(C)CC1CN(Cc2ccccc2)C(CC(C)C)CN1. The summed E-state index contributed by atoms with van der Waals surface area (Å²) in [6.45, 7) is 12.7. The molecule has 0 aromatic heterocycles. The molecule has 118 valence electrons. The Bertz CT molecular complexity index is 399. The molecule has 0 amide bonds. The molecule has 2 atom stereocenters. The Hall–Kier alpha value is -0.860. The summed E-state index contributed by atoms with van der Waals surface area (Å²) < 4.78 is 0. The summed E-state index contributed by atoms with van der Waals surface area (Å²) in [5, 5.41) is 3.78. The highest BCUT2D eigenvalue weighted by atomic mass is 15.2. The first-order chi connectivity index (χ1) is 10.0. The second kappa shape index (κ2) is 7.95. The Morgan fingerprint density at radius 1 is 1.05 bits per heavy atom. The van der Waals surface area contributed by atoms with Crippen molar-refractivity contribution in [1.29, 1.82) is 0 Å². The van der Waals surface area contributed by atoms with Crippen molar-refractivity contribution < 1.29 is 0 Å². The Morgan fingerprint density at radius 3 is 2.33 bits per heavy atom. The molecule has 0 saturated carbocycles. The van der Waals surface area contributed by atoms with Gasteiger partial charge in [-0.15, -0.1) is 0 Å². The highest BCUT2D eigenvalue weighted by Crippen LogP contribution is 2.20. The molecule has 21 heavy (non-hydrogen) atoms. The van der Waals surface area contributed by atoms with Gasteiger partial charge in [0.15, 0.2) is 0 Å². The lowest BCUT2D eigenvalue weighted by molar-refractivity contribution is 0.0997. The molecule has 1 aliphatic rings. The lowest BCUT2D eigenvalue weighted by atomic mass is 9.95. The van der Waals surface area contributed by atoms with Crippen LogP contribution in [0.3, 0.4) is 0 Å². The van der Waals surface area contributed by atoms with Gasteiger partial charge in [0.05, 0.1) is 0 Å². The van der Waals surface area contributed by atoms with Crippen molar-refractivity contribution in [3.05, 3.63) is 35.9 Å². The topological polar surface area (TPSA) is 15.3 Å². The zero-order valence-corrected chi connectivity index (χ0v) is 14.2. The van der Waals surface area contributed by atoms with E-state index in [1.54, 1.807) is 0 Å². The molecule has 1 aromatic carbocycles. The van der Waals surface area contributed by atoms with Crippen molar-refractivity contribution in [2.24, 2.45) is 11.8 Å². The predicted octanol–water partition coefficient (Wildman–Crippen LogP) is 3.92. The maximum Gasteiger partial charge on any atom is 0.0237 e. The first kappa shape index (κ1) is 16.5. The van der Waals surface area contributed by atoms with Crippen molar-refractivity contribution in [2.75, 3.05) is 13.1 Å². The number of benzene rings is 1. The van der Waals surface area contributed by atoms with Crippen LogP contribution in [0.25, 0.3) is 0 Å². The van der Waals surface area contributed by atoms with Crippen LogP contribution >= 0.6 is 0 Å². The summed E-state index contributed by atoms with van der Waals surface area (Å²) in [7, 11) is 0. The van der Waals surface area contributed by atoms with Gasteiger partial charge >= 0.3 is 0 Å². The van der Waals surface area contributed by atoms with Crippen LogP contribution in [0.2, 0.25) is 0 Å². The van der Waals surface area contributed by atoms with Crippen LogP contribution in [0.4, 0.5) is 0 Å². The zero-order valence-electron chi connectivity index (χ0n) is 14.2. The van der Waals surface area contributed by atoms with Crippen LogP contribution < -0.4 is 5.32 Å². The predicted molar refractivity (Wildman–Crippen MR) is 91.3 cm³/mol. The van der Waals surface area contributed by atoms with E-state index in [1.807, 2.05) is 0 Å². The third-order valence-corrected chi connectivity index (χ3v) is 4.34. The molecule has 0 radical (unpaired) electrons. The van der Waals surface area contributed by atoms with E-state index in [2.05, 4.69) is 68.2 Å². The van der Waals surface area contributed by atoms with E-state index in [0.717, 1.165) is 24.9 Å². The van der Waals surface area contributed by atoms with Gasteiger partial charge in [0, 0.05) is 31.7 Å². The van der Waals surface area contributed by atoms with Crippen LogP contribution in [0, 0.1) is 11.8 Å². The van der Waals surface area contributed by atoms with Crippen LogP contribution in [-0.2, 0) is 6.54 Å². The van der Waals surface area contributed by atoms with Gasteiger partial charge in [-0.2, -0.15) is 0 Å². The Labute approximate surface area is 130 Å².